The van der Waals surface area contributed by atoms with Gasteiger partial charge in [0.2, 0.25) is 0 Å². The van der Waals surface area contributed by atoms with E-state index in [9.17, 15) is 14.4 Å². The van der Waals surface area contributed by atoms with E-state index in [-0.39, 0.29) is 23.9 Å². The number of benzene rings is 2. The Hall–Kier alpha value is -4.20. The number of Topliss-reactive ketones (excluding diaryl/α,β-unsaturated/α-hetero) is 1. The van der Waals surface area contributed by atoms with Crippen LogP contribution in [0.2, 0.25) is 0 Å². The van der Waals surface area contributed by atoms with Crippen molar-refractivity contribution in [2.75, 3.05) is 13.2 Å². The Morgan fingerprint density at radius 2 is 1.77 bits per heavy atom. The standard InChI is InChI=1S/C27H23N3O5/c1-15-2-5-17(6-3-15)18-11-19-20(21(31)12-18)13-28-25-24(19)26(32)29-27(33)30(25)14-16-4-7-22-23(10-16)35-9-8-34-22/h2-7,10,13,18H,8-9,11-12,14H2,1H3,(H,29,32,33). The van der Waals surface area contributed by atoms with Gasteiger partial charge in [-0.1, -0.05) is 35.9 Å². The molecule has 35 heavy (non-hydrogen) atoms. The van der Waals surface area contributed by atoms with Crippen molar-refractivity contribution < 1.29 is 14.3 Å². The highest BCUT2D eigenvalue weighted by atomic mass is 16.6. The summed E-state index contributed by atoms with van der Waals surface area (Å²) in [5, 5.41) is 0.296. The van der Waals surface area contributed by atoms with E-state index in [2.05, 4.69) is 9.97 Å². The third kappa shape index (κ3) is 3.71. The minimum atomic E-state index is -0.554. The highest BCUT2D eigenvalue weighted by Crippen LogP contribution is 2.35. The number of carbonyl (C=O) groups is 1. The lowest BCUT2D eigenvalue weighted by atomic mass is 9.79. The highest BCUT2D eigenvalue weighted by molar-refractivity contribution is 6.02. The zero-order valence-corrected chi connectivity index (χ0v) is 19.2. The molecule has 0 saturated heterocycles. The summed E-state index contributed by atoms with van der Waals surface area (Å²) < 4.78 is 12.7. The molecule has 0 radical (unpaired) electrons. The second-order valence-electron chi connectivity index (χ2n) is 9.11. The fourth-order valence-electron chi connectivity index (χ4n) is 5.00. The van der Waals surface area contributed by atoms with Gasteiger partial charge in [0.25, 0.3) is 5.56 Å². The Morgan fingerprint density at radius 1 is 1.00 bits per heavy atom. The van der Waals surface area contributed by atoms with E-state index in [0.717, 1.165) is 16.7 Å². The van der Waals surface area contributed by atoms with Crippen LogP contribution in [0.4, 0.5) is 0 Å². The molecule has 0 saturated carbocycles. The predicted molar refractivity (Wildman–Crippen MR) is 130 cm³/mol. The van der Waals surface area contributed by atoms with Gasteiger partial charge in [-0.25, -0.2) is 9.78 Å². The zero-order chi connectivity index (χ0) is 24.1. The summed E-state index contributed by atoms with van der Waals surface area (Å²) in [6.07, 6.45) is 2.39. The summed E-state index contributed by atoms with van der Waals surface area (Å²) in [5.74, 6) is 1.19. The number of hydrogen-bond donors (Lipinski definition) is 1. The van der Waals surface area contributed by atoms with Crippen LogP contribution in [0.15, 0.2) is 58.3 Å². The lowest BCUT2D eigenvalue weighted by Gasteiger charge is -2.25. The lowest BCUT2D eigenvalue weighted by molar-refractivity contribution is 0.0964. The maximum atomic E-state index is 13.0. The van der Waals surface area contributed by atoms with Crippen molar-refractivity contribution in [3.63, 3.8) is 0 Å². The van der Waals surface area contributed by atoms with Crippen LogP contribution in [0.5, 0.6) is 11.5 Å². The number of H-pyrrole nitrogens is 1. The largest absolute Gasteiger partial charge is 0.486 e. The molecule has 0 bridgehead atoms. The SMILES string of the molecule is Cc1ccc(C2CC(=O)c3cnc4c(c3C2)c(=O)[nH]c(=O)n4Cc2ccc3c(c2)OCCO3)cc1. The number of aryl methyl sites for hydroxylation is 1. The smallest absolute Gasteiger partial charge is 0.330 e. The van der Waals surface area contributed by atoms with Crippen LogP contribution >= 0.6 is 0 Å². The van der Waals surface area contributed by atoms with Gasteiger partial charge in [0.05, 0.1) is 11.9 Å². The minimum Gasteiger partial charge on any atom is -0.486 e. The monoisotopic (exact) mass is 469 g/mol. The number of hydrogen-bond acceptors (Lipinski definition) is 6. The molecule has 6 rings (SSSR count). The second-order valence-corrected chi connectivity index (χ2v) is 9.11. The Bertz CT molecular complexity index is 1600. The number of aromatic nitrogens is 3. The first kappa shape index (κ1) is 21.3. The van der Waals surface area contributed by atoms with Gasteiger partial charge in [-0.2, -0.15) is 0 Å². The molecule has 1 aliphatic carbocycles. The highest BCUT2D eigenvalue weighted by Gasteiger charge is 2.30. The minimum absolute atomic E-state index is 0.0428. The van der Waals surface area contributed by atoms with Crippen LogP contribution in [0, 0.1) is 6.92 Å². The van der Waals surface area contributed by atoms with E-state index in [1.165, 1.54) is 10.8 Å². The molecular formula is C27H23N3O5. The van der Waals surface area contributed by atoms with E-state index >= 15 is 0 Å². The maximum absolute atomic E-state index is 13.0. The Labute approximate surface area is 200 Å². The fraction of sp³-hybridized carbons (Fsp3) is 0.259. The van der Waals surface area contributed by atoms with Gasteiger partial charge in [-0.3, -0.25) is 19.1 Å². The van der Waals surface area contributed by atoms with Crippen molar-refractivity contribution in [2.24, 2.45) is 0 Å². The fourth-order valence-corrected chi connectivity index (χ4v) is 5.00. The van der Waals surface area contributed by atoms with Crippen LogP contribution in [-0.2, 0) is 13.0 Å². The molecule has 8 heteroatoms. The molecule has 8 nitrogen and oxygen atoms in total. The molecular weight excluding hydrogens is 446 g/mol. The van der Waals surface area contributed by atoms with Crippen LogP contribution in [0.25, 0.3) is 11.0 Å². The quantitative estimate of drug-likeness (QED) is 0.495. The third-order valence-electron chi connectivity index (χ3n) is 6.79. The first-order valence-electron chi connectivity index (χ1n) is 11.6. The molecule has 2 aliphatic rings. The number of ketones is 1. The van der Waals surface area contributed by atoms with E-state index in [1.807, 2.05) is 49.4 Å². The summed E-state index contributed by atoms with van der Waals surface area (Å²) >= 11 is 0. The Balaban J connectivity index is 1.46. The number of nitrogens with zero attached hydrogens (tertiary/aromatic N) is 2. The first-order chi connectivity index (χ1) is 17.0. The molecule has 1 atom stereocenters. The molecule has 3 heterocycles. The summed E-state index contributed by atoms with van der Waals surface area (Å²) in [6.45, 7) is 3.16. The third-order valence-corrected chi connectivity index (χ3v) is 6.79. The van der Waals surface area contributed by atoms with Crippen LogP contribution in [0.3, 0.4) is 0 Å². The van der Waals surface area contributed by atoms with Crippen molar-refractivity contribution in [2.45, 2.75) is 32.2 Å². The first-order valence-corrected chi connectivity index (χ1v) is 11.6. The molecule has 176 valence electrons. The molecule has 2 aromatic heterocycles. The van der Waals surface area contributed by atoms with Crippen LogP contribution < -0.4 is 20.7 Å². The number of pyridine rings is 1. The molecule has 2 aromatic carbocycles. The average Bonchev–Trinajstić information content (AvgIpc) is 2.86. The summed E-state index contributed by atoms with van der Waals surface area (Å²) in [6, 6.07) is 13.6. The van der Waals surface area contributed by atoms with E-state index in [0.29, 0.717) is 54.1 Å². The van der Waals surface area contributed by atoms with Crippen molar-refractivity contribution >= 4 is 16.8 Å². The van der Waals surface area contributed by atoms with Gasteiger partial charge >= 0.3 is 5.69 Å². The van der Waals surface area contributed by atoms with E-state index < -0.39 is 11.2 Å². The number of aromatic amines is 1. The van der Waals surface area contributed by atoms with Gasteiger partial charge in [0, 0.05) is 18.2 Å². The van der Waals surface area contributed by atoms with Crippen LogP contribution in [0.1, 0.15) is 45.0 Å². The molecule has 0 fully saturated rings. The Morgan fingerprint density at radius 3 is 2.57 bits per heavy atom. The average molecular weight is 469 g/mol. The number of ether oxygens (including phenoxy) is 2. The summed E-state index contributed by atoms with van der Waals surface area (Å²) in [4.78, 5) is 45.7. The number of fused-ring (bicyclic) bond motifs is 4. The molecule has 0 spiro atoms. The molecule has 4 aromatic rings. The van der Waals surface area contributed by atoms with Gasteiger partial charge in [-0.05, 0) is 48.1 Å². The number of carbonyl (C=O) groups excluding carboxylic acids is 1. The second kappa shape index (κ2) is 8.23. The van der Waals surface area contributed by atoms with E-state index in [4.69, 9.17) is 9.47 Å². The maximum Gasteiger partial charge on any atom is 0.330 e. The van der Waals surface area contributed by atoms with Gasteiger partial charge in [0.15, 0.2) is 17.3 Å². The predicted octanol–water partition coefficient (Wildman–Crippen LogP) is 3.13. The Kier molecular flexibility index (Phi) is 5.02. The number of nitrogens with one attached hydrogen (secondary N) is 1. The van der Waals surface area contributed by atoms with E-state index in [1.54, 1.807) is 0 Å². The van der Waals surface area contributed by atoms with Gasteiger partial charge in [-0.15, -0.1) is 0 Å². The normalized spacial score (nSPS) is 16.8. The molecule has 1 unspecified atom stereocenters. The topological polar surface area (TPSA) is 103 Å². The molecule has 1 N–H and O–H groups in total. The summed E-state index contributed by atoms with van der Waals surface area (Å²) in [5.41, 5.74) is 3.30. The molecule has 0 amide bonds. The summed E-state index contributed by atoms with van der Waals surface area (Å²) in [7, 11) is 0. The number of rotatable bonds is 3. The van der Waals surface area contributed by atoms with Crippen molar-refractivity contribution in [3.8, 4) is 11.5 Å². The van der Waals surface area contributed by atoms with Gasteiger partial charge < -0.3 is 9.47 Å². The zero-order valence-electron chi connectivity index (χ0n) is 19.2. The van der Waals surface area contributed by atoms with Crippen molar-refractivity contribution in [3.05, 3.63) is 97.3 Å². The van der Waals surface area contributed by atoms with Crippen molar-refractivity contribution in [1.29, 1.82) is 0 Å². The van der Waals surface area contributed by atoms with Crippen molar-refractivity contribution in [1.82, 2.24) is 14.5 Å². The lowest BCUT2D eigenvalue weighted by Crippen LogP contribution is -2.33. The van der Waals surface area contributed by atoms with Crippen LogP contribution in [-0.4, -0.2) is 33.5 Å². The van der Waals surface area contributed by atoms with Gasteiger partial charge in [0.1, 0.15) is 18.9 Å². The molecule has 1 aliphatic heterocycles.